The Morgan fingerprint density at radius 2 is 1.67 bits per heavy atom. The maximum Gasteiger partial charge on any atom is 0.325 e. The van der Waals surface area contributed by atoms with Crippen molar-refractivity contribution in [2.45, 2.75) is 20.3 Å². The molecule has 33 heavy (non-hydrogen) atoms. The monoisotopic (exact) mass is 466 g/mol. The molecule has 0 bridgehead atoms. The van der Waals surface area contributed by atoms with Crippen LogP contribution in [0.25, 0.3) is 22.4 Å². The molecule has 0 fully saturated rings. The highest BCUT2D eigenvalue weighted by Crippen LogP contribution is 2.31. The first-order valence-corrected chi connectivity index (χ1v) is 10.4. The molecule has 0 aliphatic carbocycles. The quantitative estimate of drug-likeness (QED) is 0.516. The number of carbonyl (C=O) groups is 3. The summed E-state index contributed by atoms with van der Waals surface area (Å²) in [5, 5.41) is 2.98. The first-order valence-electron chi connectivity index (χ1n) is 10.1. The molecule has 2 amide bonds. The van der Waals surface area contributed by atoms with Gasteiger partial charge in [-0.15, -0.1) is 0 Å². The Morgan fingerprint density at radius 1 is 1.00 bits per heavy atom. The first-order chi connectivity index (χ1) is 15.7. The summed E-state index contributed by atoms with van der Waals surface area (Å²) in [6.45, 7) is 3.34. The topological polar surface area (TPSA) is 124 Å². The van der Waals surface area contributed by atoms with Crippen LogP contribution in [0.1, 0.15) is 27.4 Å². The zero-order valence-electron chi connectivity index (χ0n) is 18.4. The van der Waals surface area contributed by atoms with Crippen LogP contribution in [0, 0.1) is 13.8 Å². The molecule has 2 aromatic carbocycles. The molecule has 3 aromatic rings. The summed E-state index contributed by atoms with van der Waals surface area (Å²) in [5.41, 5.74) is 10.5. The summed E-state index contributed by atoms with van der Waals surface area (Å²) in [6.07, 6.45) is 0.0868. The van der Waals surface area contributed by atoms with E-state index in [1.807, 2.05) is 43.3 Å². The molecule has 3 N–H and O–H groups in total. The molecule has 1 heterocycles. The summed E-state index contributed by atoms with van der Waals surface area (Å²) in [5.74, 6) is -1.44. The van der Waals surface area contributed by atoms with Crippen LogP contribution < -0.4 is 11.1 Å². The van der Waals surface area contributed by atoms with Gasteiger partial charge in [0.2, 0.25) is 5.91 Å². The van der Waals surface area contributed by atoms with Crippen LogP contribution in [-0.2, 0) is 20.7 Å². The number of carbonyl (C=O) groups excluding carboxylic acids is 3. The maximum atomic E-state index is 12.0. The number of methoxy groups -OCH3 is 1. The Kier molecular flexibility index (Phi) is 7.40. The van der Waals surface area contributed by atoms with Crippen molar-refractivity contribution in [3.8, 4) is 22.4 Å². The van der Waals surface area contributed by atoms with E-state index in [-0.39, 0.29) is 24.6 Å². The molecule has 170 valence electrons. The predicted molar refractivity (Wildman–Crippen MR) is 125 cm³/mol. The predicted octanol–water partition coefficient (Wildman–Crippen LogP) is 3.01. The SMILES string of the molecule is COC(=O)CNC(=O)Cc1ccc(-c2ccc(-c3nc(C(N)=O)c(C)nc3C)cc2)c(Cl)c1. The van der Waals surface area contributed by atoms with Gasteiger partial charge in [0.25, 0.3) is 5.91 Å². The van der Waals surface area contributed by atoms with Crippen molar-refractivity contribution < 1.29 is 19.1 Å². The van der Waals surface area contributed by atoms with Crippen molar-refractivity contribution in [2.75, 3.05) is 13.7 Å². The number of esters is 1. The smallest absolute Gasteiger partial charge is 0.325 e. The molecule has 0 atom stereocenters. The lowest BCUT2D eigenvalue weighted by molar-refractivity contribution is -0.141. The van der Waals surface area contributed by atoms with E-state index in [1.165, 1.54) is 7.11 Å². The van der Waals surface area contributed by atoms with Gasteiger partial charge in [0.15, 0.2) is 0 Å². The number of nitrogens with one attached hydrogen (secondary N) is 1. The van der Waals surface area contributed by atoms with E-state index in [4.69, 9.17) is 17.3 Å². The molecule has 0 saturated carbocycles. The molecule has 9 heteroatoms. The summed E-state index contributed by atoms with van der Waals surface area (Å²) < 4.78 is 4.50. The highest BCUT2D eigenvalue weighted by Gasteiger charge is 2.15. The highest BCUT2D eigenvalue weighted by molar-refractivity contribution is 6.33. The number of benzene rings is 2. The summed E-state index contributed by atoms with van der Waals surface area (Å²) in [4.78, 5) is 43.5. The lowest BCUT2D eigenvalue weighted by atomic mass is 10.00. The number of rotatable bonds is 7. The average Bonchev–Trinajstić information content (AvgIpc) is 2.77. The highest BCUT2D eigenvalue weighted by atomic mass is 35.5. The minimum atomic E-state index is -0.622. The third-order valence-corrected chi connectivity index (χ3v) is 5.32. The number of amides is 2. The van der Waals surface area contributed by atoms with E-state index in [0.29, 0.717) is 27.7 Å². The van der Waals surface area contributed by atoms with Gasteiger partial charge in [0.1, 0.15) is 12.2 Å². The van der Waals surface area contributed by atoms with E-state index >= 15 is 0 Å². The molecule has 8 nitrogen and oxygen atoms in total. The Balaban J connectivity index is 1.79. The summed E-state index contributed by atoms with van der Waals surface area (Å²) >= 11 is 6.47. The van der Waals surface area contributed by atoms with Crippen molar-refractivity contribution in [1.29, 1.82) is 0 Å². The molecule has 0 saturated heterocycles. The van der Waals surface area contributed by atoms with Crippen molar-refractivity contribution in [3.05, 3.63) is 70.1 Å². The molecular formula is C24H23ClN4O4. The van der Waals surface area contributed by atoms with E-state index in [1.54, 1.807) is 13.0 Å². The second-order valence-electron chi connectivity index (χ2n) is 7.38. The van der Waals surface area contributed by atoms with Crippen LogP contribution in [0.5, 0.6) is 0 Å². The number of nitrogens with two attached hydrogens (primary N) is 1. The number of nitrogens with zero attached hydrogens (tertiary/aromatic N) is 2. The Hall–Kier alpha value is -3.78. The first kappa shape index (κ1) is 23.9. The van der Waals surface area contributed by atoms with Gasteiger partial charge in [-0.05, 0) is 31.0 Å². The molecule has 0 aliphatic rings. The second-order valence-corrected chi connectivity index (χ2v) is 7.78. The number of aromatic nitrogens is 2. The molecule has 0 unspecified atom stereocenters. The van der Waals surface area contributed by atoms with Crippen molar-refractivity contribution in [1.82, 2.24) is 15.3 Å². The fourth-order valence-corrected chi connectivity index (χ4v) is 3.65. The fourth-order valence-electron chi connectivity index (χ4n) is 3.34. The number of halogens is 1. The molecule has 0 radical (unpaired) electrons. The fraction of sp³-hybridized carbons (Fsp3) is 0.208. The van der Waals surface area contributed by atoms with Crippen LogP contribution in [0.4, 0.5) is 0 Å². The largest absolute Gasteiger partial charge is 0.468 e. The number of aryl methyl sites for hydroxylation is 2. The van der Waals surface area contributed by atoms with Gasteiger partial charge in [0.05, 0.1) is 30.6 Å². The van der Waals surface area contributed by atoms with Crippen molar-refractivity contribution in [3.63, 3.8) is 0 Å². The summed E-state index contributed by atoms with van der Waals surface area (Å²) in [6, 6.07) is 12.9. The van der Waals surface area contributed by atoms with Crippen LogP contribution in [0.15, 0.2) is 42.5 Å². The molecule has 3 rings (SSSR count). The van der Waals surface area contributed by atoms with Gasteiger partial charge < -0.3 is 15.8 Å². The minimum Gasteiger partial charge on any atom is -0.468 e. The van der Waals surface area contributed by atoms with Gasteiger partial charge in [-0.25, -0.2) is 4.98 Å². The van der Waals surface area contributed by atoms with E-state index in [9.17, 15) is 14.4 Å². The average molecular weight is 467 g/mol. The zero-order chi connectivity index (χ0) is 24.1. The number of hydrogen-bond donors (Lipinski definition) is 2. The summed E-state index contributed by atoms with van der Waals surface area (Å²) in [7, 11) is 1.26. The van der Waals surface area contributed by atoms with Crippen molar-refractivity contribution in [2.24, 2.45) is 5.73 Å². The Bertz CT molecular complexity index is 1230. The van der Waals surface area contributed by atoms with E-state index in [0.717, 1.165) is 16.7 Å². The standard InChI is InChI=1S/C24H23ClN4O4/c1-13-22(29-23(24(26)32)14(2)28-13)17-7-5-16(6-8-17)18-9-4-15(10-19(18)25)11-20(30)27-12-21(31)33-3/h4-10H,11-12H2,1-3H3,(H2,26,32)(H,27,30). The Morgan fingerprint density at radius 3 is 2.27 bits per heavy atom. The number of primary amides is 1. The van der Waals surface area contributed by atoms with Gasteiger partial charge in [-0.1, -0.05) is 48.0 Å². The van der Waals surface area contributed by atoms with Gasteiger partial charge in [-0.2, -0.15) is 0 Å². The molecular weight excluding hydrogens is 444 g/mol. The van der Waals surface area contributed by atoms with Crippen LogP contribution in [0.3, 0.4) is 0 Å². The minimum absolute atomic E-state index is 0.0868. The van der Waals surface area contributed by atoms with Crippen LogP contribution in [-0.4, -0.2) is 41.4 Å². The lowest BCUT2D eigenvalue weighted by Gasteiger charge is -2.11. The number of hydrogen-bond acceptors (Lipinski definition) is 6. The third kappa shape index (κ3) is 5.72. The lowest BCUT2D eigenvalue weighted by Crippen LogP contribution is -2.31. The van der Waals surface area contributed by atoms with Crippen LogP contribution >= 0.6 is 11.6 Å². The van der Waals surface area contributed by atoms with Crippen LogP contribution in [0.2, 0.25) is 5.02 Å². The maximum absolute atomic E-state index is 12.0. The van der Waals surface area contributed by atoms with Crippen molar-refractivity contribution >= 4 is 29.4 Å². The van der Waals surface area contributed by atoms with Gasteiger partial charge in [-0.3, -0.25) is 19.4 Å². The van der Waals surface area contributed by atoms with E-state index in [2.05, 4.69) is 20.0 Å². The molecule has 0 spiro atoms. The second kappa shape index (κ2) is 10.2. The molecule has 0 aliphatic heterocycles. The van der Waals surface area contributed by atoms with Gasteiger partial charge >= 0.3 is 5.97 Å². The number of ether oxygens (including phenoxy) is 1. The van der Waals surface area contributed by atoms with E-state index < -0.39 is 11.9 Å². The third-order valence-electron chi connectivity index (χ3n) is 5.00. The van der Waals surface area contributed by atoms with Gasteiger partial charge in [0, 0.05) is 16.1 Å². The molecule has 1 aromatic heterocycles. The normalized spacial score (nSPS) is 10.5. The zero-order valence-corrected chi connectivity index (χ0v) is 19.2. The Labute approximate surface area is 196 Å².